The molecule has 11 heteroatoms. The molecule has 11 aliphatic rings. The smallest absolute Gasteiger partial charge is 0.335 e. The molecule has 11 nitrogen and oxygen atoms in total. The first-order chi connectivity index (χ1) is 25.7. The van der Waals surface area contributed by atoms with E-state index in [1.165, 1.54) is 12.7 Å². The van der Waals surface area contributed by atoms with Crippen LogP contribution in [0.5, 0.6) is 5.75 Å². The van der Waals surface area contributed by atoms with Crippen molar-refractivity contribution in [3.63, 3.8) is 0 Å². The third-order valence-electron chi connectivity index (χ3n) is 17.4. The number of para-hydroxylation sites is 2. The van der Waals surface area contributed by atoms with Gasteiger partial charge >= 0.3 is 11.9 Å². The molecule has 1 saturated carbocycles. The van der Waals surface area contributed by atoms with E-state index >= 15 is 0 Å². The number of carbonyl (C=O) groups excluding carboxylic acids is 2. The number of aliphatic hydroxyl groups is 1. The van der Waals surface area contributed by atoms with Gasteiger partial charge in [-0.05, 0) is 81.3 Å². The van der Waals surface area contributed by atoms with E-state index in [2.05, 4.69) is 50.3 Å². The van der Waals surface area contributed by atoms with Crippen molar-refractivity contribution in [2.45, 2.75) is 92.2 Å². The van der Waals surface area contributed by atoms with Gasteiger partial charge in [0.1, 0.15) is 11.9 Å². The normalized spacial score (nSPS) is 47.5. The van der Waals surface area contributed by atoms with Gasteiger partial charge in [-0.2, -0.15) is 0 Å². The number of phenolic OH excluding ortho intramolecular Hbond substituents is 1. The summed E-state index contributed by atoms with van der Waals surface area (Å²) in [5.74, 6) is -0.372. The van der Waals surface area contributed by atoms with Crippen LogP contribution < -0.4 is 10.2 Å². The molecule has 9 heterocycles. The molecule has 13 rings (SSSR count). The maximum absolute atomic E-state index is 13.9. The monoisotopic (exact) mass is 718 g/mol. The van der Waals surface area contributed by atoms with E-state index < -0.39 is 22.0 Å². The van der Waals surface area contributed by atoms with Crippen LogP contribution in [0.3, 0.4) is 0 Å². The Hall–Kier alpha value is -3.64. The van der Waals surface area contributed by atoms with Gasteiger partial charge in [-0.1, -0.05) is 30.3 Å². The summed E-state index contributed by atoms with van der Waals surface area (Å²) in [6.45, 7) is 4.54. The summed E-state index contributed by atoms with van der Waals surface area (Å²) in [6, 6.07) is 14.5. The van der Waals surface area contributed by atoms with E-state index in [1.54, 1.807) is 6.07 Å². The summed E-state index contributed by atoms with van der Waals surface area (Å²) in [7, 11) is 1.49. The van der Waals surface area contributed by atoms with Crippen molar-refractivity contribution in [3.05, 3.63) is 64.9 Å². The maximum atomic E-state index is 13.9. The predicted molar refractivity (Wildman–Crippen MR) is 191 cm³/mol. The van der Waals surface area contributed by atoms with Crippen LogP contribution in [0.4, 0.5) is 11.4 Å². The number of nitrogens with one attached hydrogen (secondary N) is 1. The number of ether oxygens (including phenoxy) is 3. The highest BCUT2D eigenvalue weighted by Crippen LogP contribution is 2.77. The number of rotatable bonds is 1. The summed E-state index contributed by atoms with van der Waals surface area (Å²) in [4.78, 5) is 34.8. The van der Waals surface area contributed by atoms with Crippen molar-refractivity contribution in [2.75, 3.05) is 56.7 Å². The Labute approximate surface area is 308 Å². The van der Waals surface area contributed by atoms with Gasteiger partial charge in [0.2, 0.25) is 0 Å². The molecule has 2 aromatic rings. The van der Waals surface area contributed by atoms with Gasteiger partial charge in [0.15, 0.2) is 5.72 Å². The van der Waals surface area contributed by atoms with Gasteiger partial charge in [0.05, 0.1) is 41.7 Å². The molecule has 11 atom stereocenters. The zero-order valence-electron chi connectivity index (χ0n) is 30.1. The molecule has 53 heavy (non-hydrogen) atoms. The second-order valence-electron chi connectivity index (χ2n) is 18.8. The number of benzene rings is 2. The molecular weight excluding hydrogens is 672 g/mol. The van der Waals surface area contributed by atoms with Crippen molar-refractivity contribution in [2.24, 2.45) is 22.2 Å². The first-order valence-electron chi connectivity index (χ1n) is 20.0. The first-order valence-corrected chi connectivity index (χ1v) is 20.0. The summed E-state index contributed by atoms with van der Waals surface area (Å²) in [5.41, 5.74) is 2.40. The maximum Gasteiger partial charge on any atom is 0.335 e. The Morgan fingerprint density at radius 2 is 1.79 bits per heavy atom. The Balaban J connectivity index is 1.02. The van der Waals surface area contributed by atoms with Gasteiger partial charge < -0.3 is 34.6 Å². The lowest BCUT2D eigenvalue weighted by Gasteiger charge is -2.70. The molecule has 2 aromatic carbocycles. The second-order valence-corrected chi connectivity index (χ2v) is 18.8. The van der Waals surface area contributed by atoms with Gasteiger partial charge in [-0.3, -0.25) is 14.6 Å². The van der Waals surface area contributed by atoms with Gasteiger partial charge in [-0.25, -0.2) is 4.79 Å². The van der Waals surface area contributed by atoms with Crippen LogP contribution in [0.2, 0.25) is 0 Å². The lowest BCUT2D eigenvalue weighted by atomic mass is 9.43. The molecule has 0 radical (unpaired) electrons. The molecular formula is C42H46N4O7. The fourth-order valence-corrected chi connectivity index (χ4v) is 16.5. The summed E-state index contributed by atoms with van der Waals surface area (Å²) in [6.07, 6.45) is 5.34. The minimum absolute atomic E-state index is 0.0521. The fraction of sp³-hybridized carbons (Fsp3) is 0.619. The molecule has 5 spiro atoms. The predicted octanol–water partition coefficient (Wildman–Crippen LogP) is 3.39. The Kier molecular flexibility index (Phi) is 5.34. The quantitative estimate of drug-likeness (QED) is 0.376. The number of methoxy groups -OCH3 is 1. The molecule has 9 aliphatic heterocycles. The van der Waals surface area contributed by atoms with Crippen LogP contribution in [0.15, 0.2) is 53.7 Å². The number of nitrogens with zero attached hydrogens (tertiary/aromatic N) is 3. The van der Waals surface area contributed by atoms with Crippen molar-refractivity contribution in [1.29, 1.82) is 0 Å². The largest absolute Gasteiger partial charge is 0.506 e. The molecule has 7 saturated heterocycles. The number of anilines is 2. The standard InChI is InChI=1S/C42H46N4O7/c1-51-33(49)24-19-38-12-16-52-36(38)37(21-45-14-10-40(34(38)45)25-5-2-3-7-27(25)43-32(24)40)17-23-18-39-20-30(48)53-29(39)9-13-44-15-11-41(35(39)44)26-6-4-8-28(47)31(26)46(22-37)42(23,41)50/h2-8,23,29,34-36,43,47,50H,9-22H2,1H3/t23-,29+,34+,35+,36+,37+,38+,39+,40+,41-,42-/m1/s1. The van der Waals surface area contributed by atoms with Crippen LogP contribution in [0.25, 0.3) is 0 Å². The van der Waals surface area contributed by atoms with Gasteiger partial charge in [0.25, 0.3) is 0 Å². The summed E-state index contributed by atoms with van der Waals surface area (Å²) >= 11 is 0. The number of aromatic hydroxyl groups is 1. The van der Waals surface area contributed by atoms with Crippen LogP contribution in [0, 0.1) is 22.2 Å². The zero-order valence-corrected chi connectivity index (χ0v) is 30.1. The molecule has 8 fully saturated rings. The first kappa shape index (κ1) is 30.7. The number of carbonyl (C=O) groups is 2. The van der Waals surface area contributed by atoms with Crippen LogP contribution in [-0.4, -0.2) is 108 Å². The van der Waals surface area contributed by atoms with Crippen LogP contribution in [0.1, 0.15) is 62.5 Å². The minimum Gasteiger partial charge on any atom is -0.506 e. The van der Waals surface area contributed by atoms with E-state index in [0.29, 0.717) is 32.4 Å². The molecule has 0 aromatic heterocycles. The topological polar surface area (TPSA) is 124 Å². The highest BCUT2D eigenvalue weighted by Gasteiger charge is 2.84. The summed E-state index contributed by atoms with van der Waals surface area (Å²) in [5, 5.41) is 29.5. The molecule has 0 bridgehead atoms. The van der Waals surface area contributed by atoms with Crippen molar-refractivity contribution < 1.29 is 34.0 Å². The minimum atomic E-state index is -1.24. The van der Waals surface area contributed by atoms with E-state index in [4.69, 9.17) is 14.2 Å². The highest BCUT2D eigenvalue weighted by molar-refractivity contribution is 5.93. The molecule has 3 N–H and O–H groups in total. The lowest BCUT2D eigenvalue weighted by molar-refractivity contribution is -0.232. The third-order valence-corrected chi connectivity index (χ3v) is 17.4. The number of piperidine rings is 3. The highest BCUT2D eigenvalue weighted by atomic mass is 16.6. The van der Waals surface area contributed by atoms with E-state index in [0.717, 1.165) is 86.5 Å². The zero-order chi connectivity index (χ0) is 35.5. The number of hydrogen-bond donors (Lipinski definition) is 3. The average Bonchev–Trinajstić information content (AvgIpc) is 3.99. The average molecular weight is 719 g/mol. The molecule has 0 amide bonds. The Morgan fingerprint density at radius 3 is 2.68 bits per heavy atom. The van der Waals surface area contributed by atoms with E-state index in [9.17, 15) is 19.8 Å². The van der Waals surface area contributed by atoms with Crippen molar-refractivity contribution in [1.82, 2.24) is 9.80 Å². The fourth-order valence-electron chi connectivity index (χ4n) is 16.5. The second kappa shape index (κ2) is 9.24. The Bertz CT molecular complexity index is 2120. The molecule has 2 aliphatic carbocycles. The third kappa shape index (κ3) is 2.99. The van der Waals surface area contributed by atoms with Crippen molar-refractivity contribution in [3.8, 4) is 5.75 Å². The van der Waals surface area contributed by atoms with E-state index in [-0.39, 0.29) is 58.7 Å². The van der Waals surface area contributed by atoms with E-state index in [1.807, 2.05) is 6.07 Å². The summed E-state index contributed by atoms with van der Waals surface area (Å²) < 4.78 is 18.9. The van der Waals surface area contributed by atoms with Crippen molar-refractivity contribution >= 4 is 23.3 Å². The number of fused-ring (bicyclic) bond motifs is 4. The Morgan fingerprint density at radius 1 is 0.943 bits per heavy atom. The van der Waals surface area contributed by atoms with Gasteiger partial charge in [-0.15, -0.1) is 0 Å². The van der Waals surface area contributed by atoms with Gasteiger partial charge in [0, 0.05) is 71.9 Å². The number of esters is 2. The van der Waals surface area contributed by atoms with Crippen LogP contribution >= 0.6 is 0 Å². The number of hydrogen-bond acceptors (Lipinski definition) is 11. The SMILES string of the molecule is COC(=O)C1=C2Nc3ccccc3[C@@]23CCN2C[C@]4(C[C@@H]5C[C@]67CC(=O)O[C@H]6CCN6CC[C@@]8(c9cccc(O)c9N(C4)[C@@]58O)[C@@H]67)[C@@H]4OCC[C@]4(C1)[C@H]23. The number of phenols is 1. The molecule has 276 valence electrons. The van der Waals surface area contributed by atoms with Crippen LogP contribution in [-0.2, 0) is 34.6 Å². The molecule has 0 unspecified atom stereocenters. The lowest BCUT2D eigenvalue weighted by Crippen LogP contribution is -2.81.